The fourth-order valence-electron chi connectivity index (χ4n) is 5.50. The molecule has 1 aromatic carbocycles. The van der Waals surface area contributed by atoms with E-state index >= 15 is 0 Å². The van der Waals surface area contributed by atoms with Crippen molar-refractivity contribution in [2.75, 3.05) is 39.3 Å². The van der Waals surface area contributed by atoms with Crippen molar-refractivity contribution in [1.29, 1.82) is 0 Å². The number of rotatable bonds is 4. The van der Waals surface area contributed by atoms with Gasteiger partial charge in [-0.1, -0.05) is 0 Å². The van der Waals surface area contributed by atoms with Gasteiger partial charge in [-0.3, -0.25) is 0 Å². The number of benzene rings is 1. The van der Waals surface area contributed by atoms with Crippen molar-refractivity contribution >= 4 is 47.5 Å². The first-order valence-corrected chi connectivity index (χ1v) is 27.0. The summed E-state index contributed by atoms with van der Waals surface area (Å²) < 4.78 is 11.3. The van der Waals surface area contributed by atoms with Crippen LogP contribution in [-0.2, 0) is 0 Å². The van der Waals surface area contributed by atoms with Gasteiger partial charge in [-0.15, -0.1) is 0 Å². The molecule has 3 aliphatic rings. The summed E-state index contributed by atoms with van der Waals surface area (Å²) in [6.45, 7) is 31.1. The molecule has 3 aliphatic heterocycles. The van der Waals surface area contributed by atoms with Gasteiger partial charge >= 0.3 is 189 Å². The maximum atomic E-state index is 3.21. The molecule has 4 nitrogen and oxygen atoms in total. The van der Waals surface area contributed by atoms with Crippen LogP contribution in [-0.4, -0.2) is 96.4 Å². The second kappa shape index (κ2) is 8.46. The van der Waals surface area contributed by atoms with Crippen LogP contribution in [0.25, 0.3) is 0 Å². The van der Waals surface area contributed by atoms with E-state index in [4.69, 9.17) is 0 Å². The quantitative estimate of drug-likeness (QED) is 0.527. The van der Waals surface area contributed by atoms with Crippen molar-refractivity contribution in [3.63, 3.8) is 0 Å². The van der Waals surface area contributed by atoms with Crippen LogP contribution in [0.4, 0.5) is 0 Å². The molecule has 0 radical (unpaired) electrons. The third-order valence-corrected chi connectivity index (χ3v) is 47.2. The van der Waals surface area contributed by atoms with Gasteiger partial charge in [-0.05, 0) is 0 Å². The molecule has 8 heteroatoms. The van der Waals surface area contributed by atoms with Gasteiger partial charge in [0.25, 0.3) is 0 Å². The predicted octanol–water partition coefficient (Wildman–Crippen LogP) is 3.57. The number of hydrogen-bond donors (Lipinski definition) is 0. The molecule has 0 aliphatic carbocycles. The van der Waals surface area contributed by atoms with Gasteiger partial charge < -0.3 is 0 Å². The van der Waals surface area contributed by atoms with Gasteiger partial charge in [0, 0.05) is 0 Å². The van der Waals surface area contributed by atoms with E-state index in [1.807, 2.05) is 0 Å². The third kappa shape index (κ3) is 4.67. The van der Waals surface area contributed by atoms with E-state index in [1.54, 1.807) is 3.58 Å². The van der Waals surface area contributed by atoms with Crippen molar-refractivity contribution < 1.29 is 0 Å². The van der Waals surface area contributed by atoms with Crippen LogP contribution < -0.4 is 3.58 Å². The average Bonchev–Trinajstić information content (AvgIpc) is 2.51. The number of nitrogens with zero attached hydrogens (tertiary/aromatic N) is 4. The Morgan fingerprint density at radius 3 is 1.21 bits per heavy atom. The molecule has 0 saturated carbocycles. The van der Waals surface area contributed by atoms with Gasteiger partial charge in [0.05, 0.1) is 0 Å². The van der Waals surface area contributed by atoms with Crippen LogP contribution in [0.1, 0.15) is 0 Å². The Bertz CT molecular complexity index is 632. The zero-order valence-electron chi connectivity index (χ0n) is 20.4. The topological polar surface area (TPSA) is 13.0 Å². The Hall–Kier alpha value is 0.509. The SMILES string of the molecule is C[Si](C)(C)[N]1CCN2CC[N]([Si](C)(C)C)[Sn]1([c]1ccccc1)[N]([Si](C)(C)C)CC2. The molecule has 2 bridgehead atoms. The zero-order chi connectivity index (χ0) is 21.7. The van der Waals surface area contributed by atoms with Crippen LogP contribution >= 0.6 is 0 Å². The molecular weight excluding hydrogens is 511 g/mol. The summed E-state index contributed by atoms with van der Waals surface area (Å²) >= 11 is -3.33. The van der Waals surface area contributed by atoms with Crippen molar-refractivity contribution in [3.8, 4) is 0 Å². The van der Waals surface area contributed by atoms with Crippen LogP contribution in [0.2, 0.25) is 58.9 Å². The second-order valence-corrected chi connectivity index (χ2v) is 40.2. The fourth-order valence-corrected chi connectivity index (χ4v) is 54.6. The van der Waals surface area contributed by atoms with Crippen LogP contribution in [0.15, 0.2) is 30.3 Å². The molecule has 29 heavy (non-hydrogen) atoms. The molecule has 0 atom stereocenters. The number of fused-ring (bicyclic) bond motifs is 6. The Morgan fingerprint density at radius 2 is 0.897 bits per heavy atom. The van der Waals surface area contributed by atoms with E-state index in [2.05, 4.69) is 103 Å². The predicted molar refractivity (Wildman–Crippen MR) is 138 cm³/mol. The van der Waals surface area contributed by atoms with Crippen molar-refractivity contribution in [1.82, 2.24) is 13.3 Å². The number of hydrogen-bond acceptors (Lipinski definition) is 4. The van der Waals surface area contributed by atoms with Gasteiger partial charge in [0.1, 0.15) is 0 Å². The monoisotopic (exact) mass is 556 g/mol. The Balaban J connectivity index is 2.41. The Morgan fingerprint density at radius 1 is 0.552 bits per heavy atom. The van der Waals surface area contributed by atoms with Crippen molar-refractivity contribution in [2.45, 2.75) is 58.9 Å². The van der Waals surface area contributed by atoms with Gasteiger partial charge in [0.15, 0.2) is 0 Å². The standard InChI is InChI=1S/C15H39N4Si3.C6H5.Sn/c1-20(2,3)16-10-13-19(14-11-17-21(4,5)6)15-12-18-22(7,8)9;1-2-4-6-5-3-1;/h10-15H2,1-9H3;1-5H;/q-3;;+3. The summed E-state index contributed by atoms with van der Waals surface area (Å²) in [4.78, 5) is 2.77. The van der Waals surface area contributed by atoms with Gasteiger partial charge in [-0.2, -0.15) is 0 Å². The van der Waals surface area contributed by atoms with E-state index in [1.165, 1.54) is 39.3 Å². The molecule has 164 valence electrons. The normalized spacial score (nSPS) is 28.8. The van der Waals surface area contributed by atoms with Crippen LogP contribution in [0, 0.1) is 0 Å². The van der Waals surface area contributed by atoms with Gasteiger partial charge in [0.2, 0.25) is 0 Å². The average molecular weight is 556 g/mol. The molecule has 3 saturated heterocycles. The van der Waals surface area contributed by atoms with E-state index < -0.39 is 43.9 Å². The van der Waals surface area contributed by atoms with Crippen LogP contribution in [0.5, 0.6) is 0 Å². The molecule has 0 aromatic heterocycles. The molecule has 0 unspecified atom stereocenters. The van der Waals surface area contributed by atoms with Crippen molar-refractivity contribution in [2.24, 2.45) is 0 Å². The summed E-state index contributed by atoms with van der Waals surface area (Å²) in [5.41, 5.74) is 0. The van der Waals surface area contributed by atoms with E-state index in [0.29, 0.717) is 0 Å². The molecule has 3 fully saturated rings. The first-order chi connectivity index (χ1) is 13.3. The Kier molecular flexibility index (Phi) is 7.04. The molecular formula is C21H44N4Si3Sn. The third-order valence-electron chi connectivity index (χ3n) is 6.64. The maximum absolute atomic E-state index is 3.33. The first-order valence-electron chi connectivity index (χ1n) is 11.4. The van der Waals surface area contributed by atoms with Crippen LogP contribution in [0.3, 0.4) is 0 Å². The minimum absolute atomic E-state index is 1.26. The second-order valence-electron chi connectivity index (χ2n) is 11.8. The summed E-state index contributed by atoms with van der Waals surface area (Å²) in [5, 5.41) is 0. The molecule has 0 spiro atoms. The molecule has 1 aromatic rings. The Labute approximate surface area is 188 Å². The first kappa shape index (κ1) is 24.2. The summed E-state index contributed by atoms with van der Waals surface area (Å²) in [5.74, 6) is 0. The molecule has 0 amide bonds. The fraction of sp³-hybridized carbons (Fsp3) is 0.714. The molecule has 0 N–H and O–H groups in total. The summed E-state index contributed by atoms with van der Waals surface area (Å²) in [7, 11) is -4.58. The van der Waals surface area contributed by atoms with E-state index in [-0.39, 0.29) is 0 Å². The minimum atomic E-state index is -3.33. The summed E-state index contributed by atoms with van der Waals surface area (Å²) in [6, 6.07) is 11.9. The van der Waals surface area contributed by atoms with Gasteiger partial charge in [-0.25, -0.2) is 0 Å². The summed E-state index contributed by atoms with van der Waals surface area (Å²) in [6.07, 6.45) is 0. The van der Waals surface area contributed by atoms with E-state index in [9.17, 15) is 0 Å². The van der Waals surface area contributed by atoms with E-state index in [0.717, 1.165) is 0 Å². The van der Waals surface area contributed by atoms with Crippen molar-refractivity contribution in [3.05, 3.63) is 30.3 Å². The zero-order valence-corrected chi connectivity index (χ0v) is 26.3. The molecule has 4 rings (SSSR count). The molecule has 3 heterocycles.